The molecule has 0 aliphatic carbocycles. The Morgan fingerprint density at radius 2 is 2.47 bits per heavy atom. The quantitative estimate of drug-likeness (QED) is 0.943. The molecule has 0 amide bonds. The summed E-state index contributed by atoms with van der Waals surface area (Å²) in [5, 5.41) is 5.87. The van der Waals surface area contributed by atoms with E-state index >= 15 is 0 Å². The smallest absolute Gasteiger partial charge is 0.269 e. The number of aromatic nitrogens is 2. The first-order valence-electron chi connectivity index (χ1n) is 4.49. The van der Waals surface area contributed by atoms with Gasteiger partial charge in [-0.3, -0.25) is 0 Å². The zero-order chi connectivity index (χ0) is 10.8. The van der Waals surface area contributed by atoms with Crippen LogP contribution in [0.5, 0.6) is 0 Å². The Morgan fingerprint density at radius 1 is 1.67 bits per heavy atom. The van der Waals surface area contributed by atoms with Crippen molar-refractivity contribution < 1.29 is 4.52 Å². The number of nitrogens with two attached hydrogens (primary N) is 1. The van der Waals surface area contributed by atoms with Gasteiger partial charge in [-0.25, -0.2) is 0 Å². The van der Waals surface area contributed by atoms with Gasteiger partial charge in [-0.1, -0.05) is 12.1 Å². The van der Waals surface area contributed by atoms with Gasteiger partial charge in [-0.2, -0.15) is 4.98 Å². The van der Waals surface area contributed by atoms with Crippen molar-refractivity contribution in [2.45, 2.75) is 12.8 Å². The second-order valence-corrected chi connectivity index (χ2v) is 4.96. The third-order valence-corrected chi connectivity index (χ3v) is 3.87. The molecule has 2 aromatic heterocycles. The van der Waals surface area contributed by atoms with Gasteiger partial charge in [-0.05, 0) is 27.4 Å². The summed E-state index contributed by atoms with van der Waals surface area (Å²) >= 11 is 4.99. The molecule has 4 nitrogen and oxygen atoms in total. The van der Waals surface area contributed by atoms with E-state index in [1.165, 1.54) is 0 Å². The van der Waals surface area contributed by atoms with E-state index in [-0.39, 0.29) is 5.92 Å². The number of hydrogen-bond donors (Lipinski definition) is 1. The first-order chi connectivity index (χ1) is 7.22. The molecular formula is C9H10BrN3OS. The molecule has 2 rings (SSSR count). The summed E-state index contributed by atoms with van der Waals surface area (Å²) in [4.78, 5) is 5.26. The normalized spacial score (nSPS) is 13.0. The van der Waals surface area contributed by atoms with Gasteiger partial charge in [0.1, 0.15) is 4.88 Å². The van der Waals surface area contributed by atoms with Crippen molar-refractivity contribution in [2.75, 3.05) is 6.54 Å². The zero-order valence-corrected chi connectivity index (χ0v) is 10.5. The van der Waals surface area contributed by atoms with E-state index in [1.807, 2.05) is 18.4 Å². The summed E-state index contributed by atoms with van der Waals surface area (Å²) in [7, 11) is 0. The van der Waals surface area contributed by atoms with Crippen molar-refractivity contribution in [1.29, 1.82) is 0 Å². The summed E-state index contributed by atoms with van der Waals surface area (Å²) in [6, 6.07) is 1.95. The van der Waals surface area contributed by atoms with Gasteiger partial charge in [0.25, 0.3) is 5.89 Å². The van der Waals surface area contributed by atoms with Crippen LogP contribution >= 0.6 is 27.3 Å². The fraction of sp³-hybridized carbons (Fsp3) is 0.333. The Morgan fingerprint density at radius 3 is 3.07 bits per heavy atom. The largest absolute Gasteiger partial charge is 0.333 e. The van der Waals surface area contributed by atoms with Crippen LogP contribution in [0.25, 0.3) is 10.8 Å². The lowest BCUT2D eigenvalue weighted by Gasteiger charge is -1.98. The van der Waals surface area contributed by atoms with Gasteiger partial charge in [0, 0.05) is 16.9 Å². The molecule has 6 heteroatoms. The standard InChI is InChI=1S/C9H10BrN3OS/c1-5(4-11)8-12-9(14-13-8)7-6(10)2-3-15-7/h2-3,5H,4,11H2,1H3. The third kappa shape index (κ3) is 2.11. The van der Waals surface area contributed by atoms with E-state index in [9.17, 15) is 0 Å². The van der Waals surface area contributed by atoms with Crippen molar-refractivity contribution in [3.8, 4) is 10.8 Å². The van der Waals surface area contributed by atoms with E-state index in [0.29, 0.717) is 18.3 Å². The molecular weight excluding hydrogens is 278 g/mol. The van der Waals surface area contributed by atoms with E-state index in [4.69, 9.17) is 10.3 Å². The number of nitrogens with zero attached hydrogens (tertiary/aromatic N) is 2. The van der Waals surface area contributed by atoms with Crippen LogP contribution in [-0.4, -0.2) is 16.7 Å². The first kappa shape index (κ1) is 10.8. The molecule has 0 aliphatic rings. The molecule has 0 bridgehead atoms. The van der Waals surface area contributed by atoms with E-state index in [0.717, 1.165) is 9.35 Å². The molecule has 1 unspecified atom stereocenters. The minimum absolute atomic E-state index is 0.126. The van der Waals surface area contributed by atoms with Crippen molar-refractivity contribution in [1.82, 2.24) is 10.1 Å². The van der Waals surface area contributed by atoms with Crippen molar-refractivity contribution in [2.24, 2.45) is 5.73 Å². The lowest BCUT2D eigenvalue weighted by molar-refractivity contribution is 0.418. The Kier molecular flexibility index (Phi) is 3.18. The van der Waals surface area contributed by atoms with Crippen LogP contribution in [0.2, 0.25) is 0 Å². The number of thiophene rings is 1. The molecule has 0 saturated carbocycles. The predicted molar refractivity (Wildman–Crippen MR) is 62.8 cm³/mol. The molecule has 0 fully saturated rings. The molecule has 2 heterocycles. The fourth-order valence-corrected chi connectivity index (χ4v) is 2.54. The van der Waals surface area contributed by atoms with Crippen molar-refractivity contribution >= 4 is 27.3 Å². The lowest BCUT2D eigenvalue weighted by Crippen LogP contribution is -2.10. The Labute approximate surface area is 99.6 Å². The van der Waals surface area contributed by atoms with E-state index in [2.05, 4.69) is 26.1 Å². The summed E-state index contributed by atoms with van der Waals surface area (Å²) in [6.07, 6.45) is 0. The highest BCUT2D eigenvalue weighted by Crippen LogP contribution is 2.32. The highest BCUT2D eigenvalue weighted by Gasteiger charge is 2.16. The topological polar surface area (TPSA) is 64.9 Å². The van der Waals surface area contributed by atoms with E-state index in [1.54, 1.807) is 11.3 Å². The highest BCUT2D eigenvalue weighted by molar-refractivity contribution is 9.10. The molecule has 0 saturated heterocycles. The summed E-state index contributed by atoms with van der Waals surface area (Å²) in [5.41, 5.74) is 5.53. The van der Waals surface area contributed by atoms with Crippen molar-refractivity contribution in [3.63, 3.8) is 0 Å². The number of rotatable bonds is 3. The van der Waals surface area contributed by atoms with Crippen LogP contribution in [0.1, 0.15) is 18.7 Å². The van der Waals surface area contributed by atoms with E-state index < -0.39 is 0 Å². The average molecular weight is 288 g/mol. The predicted octanol–water partition coefficient (Wildman–Crippen LogP) is 2.62. The zero-order valence-electron chi connectivity index (χ0n) is 8.11. The summed E-state index contributed by atoms with van der Waals surface area (Å²) < 4.78 is 6.15. The van der Waals surface area contributed by atoms with Crippen LogP contribution in [0.3, 0.4) is 0 Å². The maximum atomic E-state index is 5.53. The highest BCUT2D eigenvalue weighted by atomic mass is 79.9. The molecule has 80 valence electrons. The van der Waals surface area contributed by atoms with Gasteiger partial charge in [0.2, 0.25) is 0 Å². The van der Waals surface area contributed by atoms with Gasteiger partial charge in [0.15, 0.2) is 5.82 Å². The summed E-state index contributed by atoms with van der Waals surface area (Å²) in [5.74, 6) is 1.33. The SMILES string of the molecule is CC(CN)c1noc(-c2sccc2Br)n1. The second kappa shape index (κ2) is 4.42. The third-order valence-electron chi connectivity index (χ3n) is 2.05. The van der Waals surface area contributed by atoms with Crippen LogP contribution in [0.15, 0.2) is 20.4 Å². The van der Waals surface area contributed by atoms with Crippen LogP contribution in [-0.2, 0) is 0 Å². The van der Waals surface area contributed by atoms with Crippen LogP contribution < -0.4 is 5.73 Å². The second-order valence-electron chi connectivity index (χ2n) is 3.19. The lowest BCUT2D eigenvalue weighted by atomic mass is 10.2. The Hall–Kier alpha value is -0.720. The van der Waals surface area contributed by atoms with Gasteiger partial charge in [-0.15, -0.1) is 11.3 Å². The van der Waals surface area contributed by atoms with Gasteiger partial charge < -0.3 is 10.3 Å². The van der Waals surface area contributed by atoms with Crippen LogP contribution in [0.4, 0.5) is 0 Å². The monoisotopic (exact) mass is 287 g/mol. The maximum Gasteiger partial charge on any atom is 0.269 e. The molecule has 2 aromatic rings. The van der Waals surface area contributed by atoms with Gasteiger partial charge in [0.05, 0.1) is 0 Å². The van der Waals surface area contributed by atoms with Crippen LogP contribution in [0, 0.1) is 0 Å². The molecule has 0 radical (unpaired) electrons. The fourth-order valence-electron chi connectivity index (χ4n) is 1.08. The maximum absolute atomic E-state index is 5.53. The number of hydrogen-bond acceptors (Lipinski definition) is 5. The average Bonchev–Trinajstić information content (AvgIpc) is 2.84. The molecule has 15 heavy (non-hydrogen) atoms. The number of halogens is 1. The van der Waals surface area contributed by atoms with Gasteiger partial charge >= 0.3 is 0 Å². The molecule has 0 aliphatic heterocycles. The minimum Gasteiger partial charge on any atom is -0.333 e. The molecule has 1 atom stereocenters. The first-order valence-corrected chi connectivity index (χ1v) is 6.16. The molecule has 0 aromatic carbocycles. The Balaban J connectivity index is 2.32. The van der Waals surface area contributed by atoms with Crippen molar-refractivity contribution in [3.05, 3.63) is 21.7 Å². The minimum atomic E-state index is 0.126. The Bertz CT molecular complexity index is 454. The molecule has 2 N–H and O–H groups in total. The summed E-state index contributed by atoms with van der Waals surface area (Å²) in [6.45, 7) is 2.49. The molecule has 0 spiro atoms.